The molecular weight excluding hydrogens is 472 g/mol. The van der Waals surface area contributed by atoms with E-state index in [0.29, 0.717) is 0 Å². The molecule has 3 aromatic carbocycles. The molecular formula is C34H50O4. The van der Waals surface area contributed by atoms with Gasteiger partial charge in [-0.1, -0.05) is 52.0 Å². The van der Waals surface area contributed by atoms with E-state index in [9.17, 15) is 0 Å². The van der Waals surface area contributed by atoms with Crippen LogP contribution in [-0.2, 0) is 0 Å². The highest BCUT2D eigenvalue weighted by Crippen LogP contribution is 2.53. The molecule has 0 heterocycles. The number of hydrogen-bond donors (Lipinski definition) is 0. The van der Waals surface area contributed by atoms with Crippen molar-refractivity contribution in [2.45, 2.75) is 131 Å². The van der Waals surface area contributed by atoms with Gasteiger partial charge in [0.2, 0.25) is 0 Å². The molecule has 3 aromatic rings. The van der Waals surface area contributed by atoms with Crippen molar-refractivity contribution in [2.24, 2.45) is 0 Å². The molecule has 4 nitrogen and oxygen atoms in total. The lowest BCUT2D eigenvalue weighted by molar-refractivity contribution is 0.0960. The maximum absolute atomic E-state index is 6.90. The van der Waals surface area contributed by atoms with Gasteiger partial charge in [-0.3, -0.25) is 0 Å². The number of fused-ring (bicyclic) bond motifs is 2. The van der Waals surface area contributed by atoms with Gasteiger partial charge in [-0.2, -0.15) is 0 Å². The van der Waals surface area contributed by atoms with E-state index < -0.39 is 0 Å². The van der Waals surface area contributed by atoms with Crippen molar-refractivity contribution < 1.29 is 18.9 Å². The van der Waals surface area contributed by atoms with Crippen molar-refractivity contribution in [2.75, 3.05) is 0 Å². The highest BCUT2D eigenvalue weighted by Gasteiger charge is 2.32. The van der Waals surface area contributed by atoms with Crippen LogP contribution in [0.15, 0.2) is 36.4 Å². The summed E-state index contributed by atoms with van der Waals surface area (Å²) in [5.41, 5.74) is -1.47. The highest BCUT2D eigenvalue weighted by molar-refractivity contribution is 6.15. The predicted molar refractivity (Wildman–Crippen MR) is 161 cm³/mol. The van der Waals surface area contributed by atoms with E-state index in [0.717, 1.165) is 70.2 Å². The smallest absolute Gasteiger partial charge is 0.139 e. The van der Waals surface area contributed by atoms with Crippen LogP contribution in [0.3, 0.4) is 0 Å². The number of benzene rings is 3. The second kappa shape index (κ2) is 10.9. The SMILES string of the molecule is CCC(C)(C)Oc1ccc(OC(C)(C)CC)c2c(OC(C)(C)CC)c3ccccc3c(OC(C)(C)CC)c12. The van der Waals surface area contributed by atoms with Crippen molar-refractivity contribution in [3.05, 3.63) is 36.4 Å². The van der Waals surface area contributed by atoms with E-state index in [4.69, 9.17) is 18.9 Å². The average Bonchev–Trinajstić information content (AvgIpc) is 2.86. The van der Waals surface area contributed by atoms with Gasteiger partial charge in [0.1, 0.15) is 45.4 Å². The quantitative estimate of drug-likeness (QED) is 0.222. The molecule has 0 atom stereocenters. The topological polar surface area (TPSA) is 36.9 Å². The first-order valence-corrected chi connectivity index (χ1v) is 14.4. The van der Waals surface area contributed by atoms with Crippen molar-refractivity contribution in [3.63, 3.8) is 0 Å². The van der Waals surface area contributed by atoms with Crippen molar-refractivity contribution in [1.29, 1.82) is 0 Å². The Morgan fingerprint density at radius 1 is 0.447 bits per heavy atom. The molecule has 0 radical (unpaired) electrons. The zero-order valence-electron chi connectivity index (χ0n) is 25.9. The Hall–Kier alpha value is -2.62. The first-order valence-electron chi connectivity index (χ1n) is 14.4. The zero-order chi connectivity index (χ0) is 28.5. The minimum Gasteiger partial charge on any atom is -0.487 e. The van der Waals surface area contributed by atoms with Gasteiger partial charge in [-0.25, -0.2) is 0 Å². The lowest BCUT2D eigenvalue weighted by Crippen LogP contribution is -2.30. The Bertz CT molecular complexity index is 1170. The Morgan fingerprint density at radius 2 is 0.737 bits per heavy atom. The summed E-state index contributed by atoms with van der Waals surface area (Å²) in [5.74, 6) is 3.18. The van der Waals surface area contributed by atoms with E-state index in [1.807, 2.05) is 12.1 Å². The molecule has 0 aliphatic heterocycles. The lowest BCUT2D eigenvalue weighted by atomic mass is 9.96. The van der Waals surface area contributed by atoms with E-state index in [1.54, 1.807) is 0 Å². The minimum atomic E-state index is -0.377. The summed E-state index contributed by atoms with van der Waals surface area (Å²) in [4.78, 5) is 0. The Labute approximate surface area is 231 Å². The van der Waals surface area contributed by atoms with Gasteiger partial charge >= 0.3 is 0 Å². The molecule has 38 heavy (non-hydrogen) atoms. The fourth-order valence-electron chi connectivity index (χ4n) is 3.98. The first kappa shape index (κ1) is 29.9. The van der Waals surface area contributed by atoms with E-state index in [-0.39, 0.29) is 22.4 Å². The van der Waals surface area contributed by atoms with Gasteiger partial charge < -0.3 is 18.9 Å². The molecule has 0 N–H and O–H groups in total. The summed E-state index contributed by atoms with van der Waals surface area (Å²) >= 11 is 0. The van der Waals surface area contributed by atoms with Crippen LogP contribution in [-0.4, -0.2) is 22.4 Å². The molecule has 0 fully saturated rings. The van der Waals surface area contributed by atoms with Crippen LogP contribution in [0.25, 0.3) is 21.5 Å². The number of hydrogen-bond acceptors (Lipinski definition) is 4. The molecule has 0 unspecified atom stereocenters. The molecule has 0 saturated carbocycles. The summed E-state index contributed by atoms with van der Waals surface area (Å²) < 4.78 is 27.3. The van der Waals surface area contributed by atoms with Gasteiger partial charge in [-0.15, -0.1) is 0 Å². The van der Waals surface area contributed by atoms with Crippen LogP contribution >= 0.6 is 0 Å². The van der Waals surface area contributed by atoms with Gasteiger partial charge in [0.05, 0.1) is 10.8 Å². The van der Waals surface area contributed by atoms with Crippen LogP contribution in [0.1, 0.15) is 109 Å². The summed E-state index contributed by atoms with van der Waals surface area (Å²) in [6.45, 7) is 25.6. The molecule has 0 amide bonds. The summed E-state index contributed by atoms with van der Waals surface area (Å²) in [6, 6.07) is 12.4. The van der Waals surface area contributed by atoms with Crippen molar-refractivity contribution in [3.8, 4) is 23.0 Å². The van der Waals surface area contributed by atoms with E-state index >= 15 is 0 Å². The van der Waals surface area contributed by atoms with Gasteiger partial charge in [0, 0.05) is 10.8 Å². The summed E-state index contributed by atoms with van der Waals surface area (Å²) in [5, 5.41) is 3.82. The number of rotatable bonds is 12. The average molecular weight is 523 g/mol. The number of ether oxygens (including phenoxy) is 4. The molecule has 3 rings (SSSR count). The first-order chi connectivity index (χ1) is 17.6. The summed E-state index contributed by atoms with van der Waals surface area (Å²) in [7, 11) is 0. The molecule has 0 bridgehead atoms. The largest absolute Gasteiger partial charge is 0.487 e. The molecule has 0 aliphatic carbocycles. The second-order valence-corrected chi connectivity index (χ2v) is 12.9. The standard InChI is InChI=1S/C34H50O4/c1-13-31(5,6)35-25-21-22-26(36-32(7,8)14-2)28-27(25)29(37-33(9,10)15-3)23-19-17-18-20-24(23)30(28)38-34(11,12)16-4/h17-22H,13-16H2,1-12H3. The molecule has 4 heteroatoms. The minimum absolute atomic E-state index is 0.356. The van der Waals surface area contributed by atoms with Gasteiger partial charge in [-0.05, 0) is 93.2 Å². The molecule has 0 spiro atoms. The van der Waals surface area contributed by atoms with Crippen LogP contribution in [0.2, 0.25) is 0 Å². The maximum Gasteiger partial charge on any atom is 0.139 e. The third-order valence-corrected chi connectivity index (χ3v) is 7.93. The van der Waals surface area contributed by atoms with Crippen LogP contribution < -0.4 is 18.9 Å². The van der Waals surface area contributed by atoms with Crippen LogP contribution in [0.4, 0.5) is 0 Å². The third-order valence-electron chi connectivity index (χ3n) is 7.93. The van der Waals surface area contributed by atoms with Crippen LogP contribution in [0.5, 0.6) is 23.0 Å². The Morgan fingerprint density at radius 3 is 1.03 bits per heavy atom. The van der Waals surface area contributed by atoms with Gasteiger partial charge in [0.15, 0.2) is 0 Å². The predicted octanol–water partition coefficient (Wildman–Crippen LogP) is 10.3. The normalized spacial score (nSPS) is 13.2. The lowest BCUT2D eigenvalue weighted by Gasteiger charge is -2.33. The maximum atomic E-state index is 6.90. The third kappa shape index (κ3) is 6.50. The molecule has 0 saturated heterocycles. The monoisotopic (exact) mass is 522 g/mol. The zero-order valence-corrected chi connectivity index (χ0v) is 25.9. The molecule has 0 aromatic heterocycles. The second-order valence-electron chi connectivity index (χ2n) is 12.9. The Balaban J connectivity index is 2.60. The van der Waals surface area contributed by atoms with Crippen molar-refractivity contribution >= 4 is 21.5 Å². The van der Waals surface area contributed by atoms with Crippen molar-refractivity contribution in [1.82, 2.24) is 0 Å². The molecule has 0 aliphatic rings. The van der Waals surface area contributed by atoms with Crippen LogP contribution in [0, 0.1) is 0 Å². The molecule has 210 valence electrons. The fraction of sp³-hybridized carbons (Fsp3) is 0.588. The van der Waals surface area contributed by atoms with Gasteiger partial charge in [0.25, 0.3) is 0 Å². The highest BCUT2D eigenvalue weighted by atomic mass is 16.5. The fourth-order valence-corrected chi connectivity index (χ4v) is 3.98. The Kier molecular flexibility index (Phi) is 8.56. The van der Waals surface area contributed by atoms with E-state index in [1.165, 1.54) is 0 Å². The van der Waals surface area contributed by atoms with E-state index in [2.05, 4.69) is 107 Å². The summed E-state index contributed by atoms with van der Waals surface area (Å²) in [6.07, 6.45) is 3.46.